The number of hydrogen-bond donors (Lipinski definition) is 2. The second-order valence-corrected chi connectivity index (χ2v) is 5.99. The van der Waals surface area contributed by atoms with E-state index in [9.17, 15) is 4.79 Å². The topological polar surface area (TPSA) is 64.3 Å². The van der Waals surface area contributed by atoms with E-state index in [1.54, 1.807) is 0 Å². The Hall–Kier alpha value is -0.610. The van der Waals surface area contributed by atoms with Crippen molar-refractivity contribution in [2.75, 3.05) is 26.2 Å². The summed E-state index contributed by atoms with van der Waals surface area (Å²) in [4.78, 5) is 11.4. The van der Waals surface area contributed by atoms with Gasteiger partial charge in [0.25, 0.3) is 0 Å². The lowest BCUT2D eigenvalue weighted by Crippen LogP contribution is -2.30. The van der Waals surface area contributed by atoms with E-state index in [0.29, 0.717) is 25.0 Å². The molecule has 128 valence electrons. The number of rotatable bonds is 10. The molecule has 0 fully saturated rings. The van der Waals surface area contributed by atoms with Gasteiger partial charge in [-0.1, -0.05) is 54.4 Å². The molecule has 0 bridgehead atoms. The average molecular weight is 303 g/mol. The van der Waals surface area contributed by atoms with Crippen LogP contribution in [-0.2, 0) is 9.53 Å². The lowest BCUT2D eigenvalue weighted by atomic mass is 10.1. The minimum atomic E-state index is -0.0894. The second kappa shape index (κ2) is 15.8. The predicted molar refractivity (Wildman–Crippen MR) is 91.2 cm³/mol. The van der Waals surface area contributed by atoms with Crippen molar-refractivity contribution in [3.63, 3.8) is 0 Å². The highest BCUT2D eigenvalue weighted by molar-refractivity contribution is 5.72. The molecule has 3 atom stereocenters. The first-order valence-corrected chi connectivity index (χ1v) is 8.50. The van der Waals surface area contributed by atoms with Crippen molar-refractivity contribution in [2.24, 2.45) is 23.5 Å². The molecule has 21 heavy (non-hydrogen) atoms. The van der Waals surface area contributed by atoms with Crippen LogP contribution in [0.5, 0.6) is 0 Å². The van der Waals surface area contributed by atoms with Crippen molar-refractivity contribution in [1.29, 1.82) is 0 Å². The van der Waals surface area contributed by atoms with E-state index in [4.69, 9.17) is 10.5 Å². The highest BCUT2D eigenvalue weighted by Crippen LogP contribution is 2.00. The van der Waals surface area contributed by atoms with Gasteiger partial charge >= 0.3 is 5.97 Å². The first-order chi connectivity index (χ1) is 9.92. The standard InChI is InChI=1S/C12H25NO2.C5H13N/c1-5-7-15-12(14)11(4)9-13-8-10(3)6-2;1-3-5(2)4-6/h10-11,13H,5-9H2,1-4H3;5H,3-4,6H2,1-2H3. The van der Waals surface area contributed by atoms with E-state index < -0.39 is 0 Å². The summed E-state index contributed by atoms with van der Waals surface area (Å²) in [5, 5.41) is 3.29. The molecule has 0 aromatic carbocycles. The van der Waals surface area contributed by atoms with Crippen LogP contribution in [-0.4, -0.2) is 32.2 Å². The van der Waals surface area contributed by atoms with E-state index in [-0.39, 0.29) is 11.9 Å². The van der Waals surface area contributed by atoms with Crippen LogP contribution < -0.4 is 11.1 Å². The SMILES string of the molecule is CCC(C)CN.CCCOC(=O)C(C)CNCC(C)CC. The fraction of sp³-hybridized carbons (Fsp3) is 0.941. The van der Waals surface area contributed by atoms with Gasteiger partial charge in [-0.2, -0.15) is 0 Å². The minimum Gasteiger partial charge on any atom is -0.465 e. The number of nitrogens with one attached hydrogen (secondary N) is 1. The van der Waals surface area contributed by atoms with Crippen LogP contribution in [0.25, 0.3) is 0 Å². The Morgan fingerprint density at radius 2 is 1.62 bits per heavy atom. The third-order valence-corrected chi connectivity index (χ3v) is 3.59. The summed E-state index contributed by atoms with van der Waals surface area (Å²) in [6, 6.07) is 0. The third kappa shape index (κ3) is 15.6. The fourth-order valence-corrected chi connectivity index (χ4v) is 1.29. The molecule has 4 heteroatoms. The molecular formula is C17H38N2O2. The van der Waals surface area contributed by atoms with Gasteiger partial charge < -0.3 is 15.8 Å². The maximum Gasteiger partial charge on any atom is 0.309 e. The Bertz CT molecular complexity index is 231. The summed E-state index contributed by atoms with van der Waals surface area (Å²) in [6.45, 7) is 15.6. The Morgan fingerprint density at radius 1 is 1.05 bits per heavy atom. The summed E-state index contributed by atoms with van der Waals surface area (Å²) in [7, 11) is 0. The lowest BCUT2D eigenvalue weighted by Gasteiger charge is -2.14. The van der Waals surface area contributed by atoms with E-state index in [2.05, 4.69) is 33.0 Å². The monoisotopic (exact) mass is 302 g/mol. The summed E-state index contributed by atoms with van der Waals surface area (Å²) in [6.07, 6.45) is 3.26. The zero-order chi connectivity index (χ0) is 16.7. The van der Waals surface area contributed by atoms with Crippen molar-refractivity contribution in [3.05, 3.63) is 0 Å². The Balaban J connectivity index is 0. The Kier molecular flexibility index (Phi) is 17.0. The lowest BCUT2D eigenvalue weighted by molar-refractivity contribution is -0.147. The number of nitrogens with two attached hydrogens (primary N) is 1. The van der Waals surface area contributed by atoms with Crippen LogP contribution in [0, 0.1) is 17.8 Å². The van der Waals surface area contributed by atoms with Crippen molar-refractivity contribution in [3.8, 4) is 0 Å². The highest BCUT2D eigenvalue weighted by atomic mass is 16.5. The third-order valence-electron chi connectivity index (χ3n) is 3.59. The summed E-state index contributed by atoms with van der Waals surface area (Å²) in [5.74, 6) is 1.25. The van der Waals surface area contributed by atoms with Crippen molar-refractivity contribution in [1.82, 2.24) is 5.32 Å². The number of hydrogen-bond acceptors (Lipinski definition) is 4. The molecule has 0 spiro atoms. The first-order valence-electron chi connectivity index (χ1n) is 8.50. The van der Waals surface area contributed by atoms with Gasteiger partial charge in [0, 0.05) is 6.54 Å². The molecule has 0 rings (SSSR count). The van der Waals surface area contributed by atoms with Gasteiger partial charge in [0.15, 0.2) is 0 Å². The van der Waals surface area contributed by atoms with E-state index in [0.717, 1.165) is 19.5 Å². The maximum absolute atomic E-state index is 11.4. The molecule has 0 aliphatic carbocycles. The van der Waals surface area contributed by atoms with E-state index >= 15 is 0 Å². The molecule has 0 aliphatic heterocycles. The van der Waals surface area contributed by atoms with Crippen LogP contribution in [0.1, 0.15) is 60.8 Å². The predicted octanol–water partition coefficient (Wildman–Crippen LogP) is 3.20. The Morgan fingerprint density at radius 3 is 2.00 bits per heavy atom. The average Bonchev–Trinajstić information content (AvgIpc) is 2.51. The molecule has 0 saturated heterocycles. The van der Waals surface area contributed by atoms with Crippen molar-refractivity contribution in [2.45, 2.75) is 60.8 Å². The molecule has 0 amide bonds. The fourth-order valence-electron chi connectivity index (χ4n) is 1.29. The molecule has 0 aromatic rings. The molecule has 3 N–H and O–H groups in total. The molecule has 0 aliphatic rings. The molecule has 0 heterocycles. The van der Waals surface area contributed by atoms with Gasteiger partial charge in [-0.05, 0) is 31.3 Å². The molecule has 0 saturated carbocycles. The van der Waals surface area contributed by atoms with Gasteiger partial charge in [-0.3, -0.25) is 4.79 Å². The van der Waals surface area contributed by atoms with Gasteiger partial charge in [0.1, 0.15) is 0 Å². The quantitative estimate of drug-likeness (QED) is 0.608. The molecule has 3 unspecified atom stereocenters. The van der Waals surface area contributed by atoms with Crippen LogP contribution in [0.3, 0.4) is 0 Å². The van der Waals surface area contributed by atoms with Gasteiger partial charge in [-0.25, -0.2) is 0 Å². The number of carbonyl (C=O) groups is 1. The van der Waals surface area contributed by atoms with Crippen LogP contribution in [0.15, 0.2) is 0 Å². The minimum absolute atomic E-state index is 0.0411. The van der Waals surface area contributed by atoms with E-state index in [1.165, 1.54) is 12.8 Å². The molecular weight excluding hydrogens is 264 g/mol. The zero-order valence-corrected chi connectivity index (χ0v) is 15.1. The zero-order valence-electron chi connectivity index (χ0n) is 15.1. The highest BCUT2D eigenvalue weighted by Gasteiger charge is 2.13. The summed E-state index contributed by atoms with van der Waals surface area (Å²) >= 11 is 0. The van der Waals surface area contributed by atoms with Crippen molar-refractivity contribution >= 4 is 5.97 Å². The van der Waals surface area contributed by atoms with Crippen LogP contribution in [0.4, 0.5) is 0 Å². The summed E-state index contributed by atoms with van der Waals surface area (Å²) in [5.41, 5.74) is 5.28. The van der Waals surface area contributed by atoms with Gasteiger partial charge in [-0.15, -0.1) is 0 Å². The largest absolute Gasteiger partial charge is 0.465 e. The van der Waals surface area contributed by atoms with Crippen LogP contribution >= 0.6 is 0 Å². The first kappa shape index (κ1) is 22.7. The smallest absolute Gasteiger partial charge is 0.309 e. The molecule has 0 radical (unpaired) electrons. The maximum atomic E-state index is 11.4. The van der Waals surface area contributed by atoms with Gasteiger partial charge in [0.2, 0.25) is 0 Å². The van der Waals surface area contributed by atoms with Crippen molar-refractivity contribution < 1.29 is 9.53 Å². The summed E-state index contributed by atoms with van der Waals surface area (Å²) < 4.78 is 5.06. The molecule has 4 nitrogen and oxygen atoms in total. The van der Waals surface area contributed by atoms with Crippen LogP contribution in [0.2, 0.25) is 0 Å². The Labute approximate surface area is 132 Å². The van der Waals surface area contributed by atoms with E-state index in [1.807, 2.05) is 13.8 Å². The molecule has 0 aromatic heterocycles. The number of esters is 1. The normalized spacial score (nSPS) is 14.6. The second-order valence-electron chi connectivity index (χ2n) is 5.99. The van der Waals surface area contributed by atoms with Gasteiger partial charge in [0.05, 0.1) is 12.5 Å². The number of ether oxygens (including phenoxy) is 1. The number of carbonyl (C=O) groups excluding carboxylic acids is 1.